The van der Waals surface area contributed by atoms with Crippen LogP contribution in [0.25, 0.3) is 28.2 Å². The molecule has 4 heterocycles. The number of carbonyl (C=O) groups excluding carboxylic acids is 1. The number of carbonyl (C=O) groups is 1. The number of aromatic nitrogens is 4. The minimum atomic E-state index is -0.717. The van der Waals surface area contributed by atoms with E-state index in [0.717, 1.165) is 32.4 Å². The van der Waals surface area contributed by atoms with Gasteiger partial charge in [-0.25, -0.2) is 13.7 Å². The number of benzene rings is 1. The fraction of sp³-hybridized carbons (Fsp3) is 0.238. The van der Waals surface area contributed by atoms with Gasteiger partial charge in [-0.15, -0.1) is 0 Å². The Hall–Kier alpha value is -3.75. The topological polar surface area (TPSA) is 96.5 Å². The molecule has 1 aliphatic heterocycles. The lowest BCUT2D eigenvalue weighted by Crippen LogP contribution is -2.35. The Morgan fingerprint density at radius 1 is 1.10 bits per heavy atom. The molecule has 30 heavy (non-hydrogen) atoms. The molecule has 8 nitrogen and oxygen atoms in total. The van der Waals surface area contributed by atoms with Crippen molar-refractivity contribution in [1.29, 1.82) is 0 Å². The number of piperidine rings is 1. The van der Waals surface area contributed by atoms with Gasteiger partial charge < -0.3 is 4.90 Å². The summed E-state index contributed by atoms with van der Waals surface area (Å²) in [5.41, 5.74) is 2.68. The van der Waals surface area contributed by atoms with Crippen LogP contribution in [0.3, 0.4) is 0 Å². The highest BCUT2D eigenvalue weighted by Crippen LogP contribution is 2.28. The van der Waals surface area contributed by atoms with Gasteiger partial charge in [0.1, 0.15) is 5.82 Å². The predicted molar refractivity (Wildman–Crippen MR) is 106 cm³/mol. The lowest BCUT2D eigenvalue weighted by atomic mass is 10.1. The van der Waals surface area contributed by atoms with Gasteiger partial charge in [-0.3, -0.25) is 14.3 Å². The summed E-state index contributed by atoms with van der Waals surface area (Å²) in [4.78, 5) is 28.5. The summed E-state index contributed by atoms with van der Waals surface area (Å²) in [6, 6.07) is 9.72. The fourth-order valence-corrected chi connectivity index (χ4v) is 3.89. The number of likely N-dealkylation sites (tertiary alicyclic amines) is 1. The second kappa shape index (κ2) is 7.25. The van der Waals surface area contributed by atoms with Crippen LogP contribution in [0.1, 0.15) is 29.6 Å². The first-order valence-electron chi connectivity index (χ1n) is 9.73. The summed E-state index contributed by atoms with van der Waals surface area (Å²) in [6.45, 7) is 1.50. The number of nitrogens with one attached hydrogen (secondary N) is 1. The molecule has 1 fully saturated rings. The maximum absolute atomic E-state index is 14.3. The number of pyridine rings is 1. The van der Waals surface area contributed by atoms with Gasteiger partial charge in [0.15, 0.2) is 5.82 Å². The van der Waals surface area contributed by atoms with Crippen molar-refractivity contribution >= 4 is 11.4 Å². The number of halogens is 1. The third-order valence-electron chi connectivity index (χ3n) is 5.32. The van der Waals surface area contributed by atoms with E-state index in [9.17, 15) is 14.0 Å². The van der Waals surface area contributed by atoms with Crippen LogP contribution in [0.4, 0.5) is 4.39 Å². The van der Waals surface area contributed by atoms with Gasteiger partial charge in [-0.2, -0.15) is 5.10 Å². The SMILES string of the molecule is O=C(c1cnn2c(-c3cc(F)cc(-c4noc(=O)[nH]4)c3)cccc12)N1CCCCC1. The van der Waals surface area contributed by atoms with Crippen LogP contribution in [0.15, 0.2) is 51.9 Å². The highest BCUT2D eigenvalue weighted by molar-refractivity contribution is 6.01. The normalized spacial score (nSPS) is 14.4. The summed E-state index contributed by atoms with van der Waals surface area (Å²) >= 11 is 0. The molecular formula is C21H18FN5O3. The van der Waals surface area contributed by atoms with E-state index in [4.69, 9.17) is 0 Å². The van der Waals surface area contributed by atoms with Crippen molar-refractivity contribution in [2.45, 2.75) is 19.3 Å². The zero-order valence-electron chi connectivity index (χ0n) is 16.0. The second-order valence-corrected chi connectivity index (χ2v) is 7.29. The first-order valence-corrected chi connectivity index (χ1v) is 9.73. The van der Waals surface area contributed by atoms with E-state index in [1.165, 1.54) is 12.1 Å². The molecule has 0 spiro atoms. The van der Waals surface area contributed by atoms with E-state index in [1.54, 1.807) is 22.8 Å². The molecule has 3 aromatic heterocycles. The maximum Gasteiger partial charge on any atom is 0.439 e. The van der Waals surface area contributed by atoms with Gasteiger partial charge >= 0.3 is 5.76 Å². The molecule has 0 aliphatic carbocycles. The number of hydrogen-bond donors (Lipinski definition) is 1. The van der Waals surface area contributed by atoms with Crippen LogP contribution < -0.4 is 5.76 Å². The van der Waals surface area contributed by atoms with E-state index < -0.39 is 11.6 Å². The molecule has 1 saturated heterocycles. The summed E-state index contributed by atoms with van der Waals surface area (Å²) in [5.74, 6) is -1.12. The molecule has 0 radical (unpaired) electrons. The van der Waals surface area contributed by atoms with E-state index in [1.807, 2.05) is 17.0 Å². The van der Waals surface area contributed by atoms with Gasteiger partial charge in [0.25, 0.3) is 5.91 Å². The number of H-pyrrole nitrogens is 1. The van der Waals surface area contributed by atoms with E-state index in [-0.39, 0.29) is 11.7 Å². The summed E-state index contributed by atoms with van der Waals surface area (Å²) < 4.78 is 20.5. The van der Waals surface area contributed by atoms with Crippen LogP contribution in [-0.2, 0) is 0 Å². The minimum Gasteiger partial charge on any atom is -0.339 e. The average Bonchev–Trinajstić information content (AvgIpc) is 3.39. The maximum atomic E-state index is 14.3. The molecule has 152 valence electrons. The standard InChI is InChI=1S/C21H18FN5O3/c22-15-10-13(9-14(11-15)19-24-21(29)30-25-19)17-5-4-6-18-16(12-23-27(17)18)20(28)26-7-2-1-3-8-26/h4-6,9-12H,1-3,7-8H2,(H,24,25,29). The molecule has 0 saturated carbocycles. The Morgan fingerprint density at radius 3 is 2.67 bits per heavy atom. The van der Waals surface area contributed by atoms with Crippen LogP contribution in [-0.4, -0.2) is 43.7 Å². The number of rotatable bonds is 3. The first-order chi connectivity index (χ1) is 14.6. The monoisotopic (exact) mass is 407 g/mol. The number of hydrogen-bond acceptors (Lipinski definition) is 5. The largest absolute Gasteiger partial charge is 0.439 e. The molecule has 1 N–H and O–H groups in total. The number of aromatic amines is 1. The number of amides is 1. The summed E-state index contributed by atoms with van der Waals surface area (Å²) in [6.07, 6.45) is 4.71. The van der Waals surface area contributed by atoms with Crippen LogP contribution in [0.2, 0.25) is 0 Å². The lowest BCUT2D eigenvalue weighted by Gasteiger charge is -2.26. The molecule has 0 atom stereocenters. The Morgan fingerprint density at radius 2 is 1.90 bits per heavy atom. The van der Waals surface area contributed by atoms with Crippen molar-refractivity contribution in [3.8, 4) is 22.6 Å². The van der Waals surface area contributed by atoms with Crippen molar-refractivity contribution in [3.63, 3.8) is 0 Å². The third-order valence-corrected chi connectivity index (χ3v) is 5.32. The van der Waals surface area contributed by atoms with Crippen molar-refractivity contribution in [1.82, 2.24) is 24.7 Å². The Bertz CT molecular complexity index is 1300. The lowest BCUT2D eigenvalue weighted by molar-refractivity contribution is 0.0726. The number of fused-ring (bicyclic) bond motifs is 1. The highest BCUT2D eigenvalue weighted by Gasteiger charge is 2.22. The highest BCUT2D eigenvalue weighted by atomic mass is 19.1. The second-order valence-electron chi connectivity index (χ2n) is 7.29. The predicted octanol–water partition coefficient (Wildman–Crippen LogP) is 3.11. The molecule has 5 rings (SSSR count). The Labute approximate surface area is 169 Å². The third kappa shape index (κ3) is 3.18. The zero-order valence-corrected chi connectivity index (χ0v) is 16.0. The molecular weight excluding hydrogens is 389 g/mol. The zero-order chi connectivity index (χ0) is 20.7. The van der Waals surface area contributed by atoms with E-state index in [0.29, 0.717) is 27.9 Å². The van der Waals surface area contributed by atoms with E-state index in [2.05, 4.69) is 19.8 Å². The summed E-state index contributed by atoms with van der Waals surface area (Å²) in [7, 11) is 0. The average molecular weight is 407 g/mol. The van der Waals surface area contributed by atoms with Crippen molar-refractivity contribution in [2.75, 3.05) is 13.1 Å². The molecule has 1 amide bonds. The molecule has 0 bridgehead atoms. The van der Waals surface area contributed by atoms with E-state index >= 15 is 0 Å². The van der Waals surface area contributed by atoms with Crippen molar-refractivity contribution in [2.24, 2.45) is 0 Å². The molecule has 0 unspecified atom stereocenters. The Balaban J connectivity index is 1.59. The summed E-state index contributed by atoms with van der Waals surface area (Å²) in [5, 5.41) is 8.02. The van der Waals surface area contributed by atoms with Crippen molar-refractivity contribution < 1.29 is 13.7 Å². The van der Waals surface area contributed by atoms with Crippen molar-refractivity contribution in [3.05, 3.63) is 64.5 Å². The van der Waals surface area contributed by atoms with Gasteiger partial charge in [-0.1, -0.05) is 11.2 Å². The fourth-order valence-electron chi connectivity index (χ4n) is 3.89. The Kier molecular flexibility index (Phi) is 4.42. The van der Waals surface area contributed by atoms with Gasteiger partial charge in [0.05, 0.1) is 23.0 Å². The van der Waals surface area contributed by atoms with Gasteiger partial charge in [0.2, 0.25) is 0 Å². The smallest absolute Gasteiger partial charge is 0.339 e. The van der Waals surface area contributed by atoms with Crippen LogP contribution in [0.5, 0.6) is 0 Å². The minimum absolute atomic E-state index is 0.0399. The molecule has 9 heteroatoms. The molecule has 1 aromatic carbocycles. The first kappa shape index (κ1) is 18.3. The van der Waals surface area contributed by atoms with Gasteiger partial charge in [0, 0.05) is 24.2 Å². The van der Waals surface area contributed by atoms with Gasteiger partial charge in [-0.05, 0) is 49.6 Å². The quantitative estimate of drug-likeness (QED) is 0.563. The molecule has 1 aliphatic rings. The van der Waals surface area contributed by atoms with Crippen LogP contribution >= 0.6 is 0 Å². The molecule has 4 aromatic rings. The number of nitrogens with zero attached hydrogens (tertiary/aromatic N) is 4. The van der Waals surface area contributed by atoms with Crippen LogP contribution in [0, 0.1) is 5.82 Å².